The molecule has 0 amide bonds. The van der Waals surface area contributed by atoms with Crippen LogP contribution < -0.4 is 10.1 Å². The van der Waals surface area contributed by atoms with Crippen LogP contribution in [0.5, 0.6) is 5.75 Å². The number of ether oxygens (including phenoxy) is 1. The van der Waals surface area contributed by atoms with E-state index in [0.717, 1.165) is 27.9 Å². The summed E-state index contributed by atoms with van der Waals surface area (Å²) in [5.41, 5.74) is 2.62. The molecule has 2 heterocycles. The highest BCUT2D eigenvalue weighted by atomic mass is 35.5. The molecular weight excluding hydrogens is 350 g/mol. The zero-order valence-electron chi connectivity index (χ0n) is 14.2. The lowest BCUT2D eigenvalue weighted by Crippen LogP contribution is -2.00. The highest BCUT2D eigenvalue weighted by Crippen LogP contribution is 2.29. The molecule has 0 bridgehead atoms. The number of methoxy groups -OCH3 is 1. The molecule has 0 unspecified atom stereocenters. The number of nitrogens with zero attached hydrogens (tertiary/aromatic N) is 3. The number of aromatic amines is 1. The normalized spacial score (nSPS) is 10.9. The number of fused-ring (bicyclic) bond motifs is 1. The molecule has 6 nitrogen and oxygen atoms in total. The molecule has 7 heteroatoms. The molecule has 0 aliphatic heterocycles. The number of H-pyrrole nitrogens is 1. The number of nitrogens with one attached hydrogen (secondary N) is 2. The third-order valence-corrected chi connectivity index (χ3v) is 4.21. The quantitative estimate of drug-likeness (QED) is 0.546. The number of anilines is 2. The predicted octanol–water partition coefficient (Wildman–Crippen LogP) is 4.73. The van der Waals surface area contributed by atoms with Crippen LogP contribution >= 0.6 is 11.6 Å². The molecule has 2 N–H and O–H groups in total. The first kappa shape index (κ1) is 16.4. The molecule has 0 spiro atoms. The van der Waals surface area contributed by atoms with Gasteiger partial charge in [-0.1, -0.05) is 11.6 Å². The molecule has 2 aromatic carbocycles. The molecule has 0 saturated carbocycles. The molecule has 0 aliphatic rings. The summed E-state index contributed by atoms with van der Waals surface area (Å²) in [5.74, 6) is 2.70. The summed E-state index contributed by atoms with van der Waals surface area (Å²) in [6.07, 6.45) is 0. The van der Waals surface area contributed by atoms with Crippen LogP contribution in [0, 0.1) is 6.92 Å². The Labute approximate surface area is 155 Å². The van der Waals surface area contributed by atoms with Gasteiger partial charge in [0, 0.05) is 33.8 Å². The zero-order valence-corrected chi connectivity index (χ0v) is 15.0. The molecule has 0 atom stereocenters. The maximum absolute atomic E-state index is 5.99. The summed E-state index contributed by atoms with van der Waals surface area (Å²) < 4.78 is 5.33. The molecule has 4 aromatic rings. The fraction of sp³-hybridized carbons (Fsp3) is 0.105. The van der Waals surface area contributed by atoms with Gasteiger partial charge in [-0.2, -0.15) is 5.10 Å². The van der Waals surface area contributed by atoms with E-state index in [0.29, 0.717) is 22.5 Å². The summed E-state index contributed by atoms with van der Waals surface area (Å²) in [6.45, 7) is 1.94. The van der Waals surface area contributed by atoms with Crippen LogP contribution in [-0.2, 0) is 0 Å². The third-order valence-electron chi connectivity index (χ3n) is 3.96. The second-order valence-corrected chi connectivity index (χ2v) is 6.28. The lowest BCUT2D eigenvalue weighted by molar-refractivity contribution is 0.415. The van der Waals surface area contributed by atoms with Crippen LogP contribution in [0.2, 0.25) is 5.02 Å². The van der Waals surface area contributed by atoms with Crippen LogP contribution in [0.3, 0.4) is 0 Å². The summed E-state index contributed by atoms with van der Waals surface area (Å²) in [4.78, 5) is 9.39. The minimum atomic E-state index is 0.595. The van der Waals surface area contributed by atoms with E-state index in [2.05, 4.69) is 20.5 Å². The number of benzene rings is 2. The van der Waals surface area contributed by atoms with Crippen LogP contribution in [0.1, 0.15) is 5.69 Å². The molecule has 0 aliphatic carbocycles. The lowest BCUT2D eigenvalue weighted by atomic mass is 10.1. The zero-order chi connectivity index (χ0) is 18.1. The van der Waals surface area contributed by atoms with Crippen LogP contribution in [-0.4, -0.2) is 27.3 Å². The Morgan fingerprint density at radius 3 is 2.54 bits per heavy atom. The Morgan fingerprint density at radius 1 is 1.04 bits per heavy atom. The van der Waals surface area contributed by atoms with Gasteiger partial charge in [0.1, 0.15) is 11.6 Å². The van der Waals surface area contributed by atoms with Crippen molar-refractivity contribution in [1.82, 2.24) is 20.2 Å². The first-order valence-electron chi connectivity index (χ1n) is 8.03. The number of rotatable bonds is 4. The van der Waals surface area contributed by atoms with Gasteiger partial charge in [-0.25, -0.2) is 9.97 Å². The third kappa shape index (κ3) is 3.19. The van der Waals surface area contributed by atoms with Gasteiger partial charge in [-0.05, 0) is 43.3 Å². The summed E-state index contributed by atoms with van der Waals surface area (Å²) in [7, 11) is 1.63. The first-order chi connectivity index (χ1) is 12.6. The minimum absolute atomic E-state index is 0.595. The van der Waals surface area contributed by atoms with E-state index < -0.39 is 0 Å². The lowest BCUT2D eigenvalue weighted by Gasteiger charge is -2.10. The van der Waals surface area contributed by atoms with Gasteiger partial charge in [0.2, 0.25) is 0 Å². The Morgan fingerprint density at radius 2 is 1.85 bits per heavy atom. The first-order valence-corrected chi connectivity index (χ1v) is 8.41. The van der Waals surface area contributed by atoms with Gasteiger partial charge < -0.3 is 10.1 Å². The number of hydrogen-bond donors (Lipinski definition) is 2. The minimum Gasteiger partial charge on any atom is -0.497 e. The van der Waals surface area contributed by atoms with E-state index in [4.69, 9.17) is 21.3 Å². The Kier molecular flexibility index (Phi) is 4.18. The number of aryl methyl sites for hydroxylation is 1. The van der Waals surface area contributed by atoms with Crippen LogP contribution in [0.25, 0.3) is 22.3 Å². The summed E-state index contributed by atoms with van der Waals surface area (Å²) in [6, 6.07) is 15.0. The number of halogens is 1. The van der Waals surface area contributed by atoms with Crippen molar-refractivity contribution in [3.63, 3.8) is 0 Å². The van der Waals surface area contributed by atoms with E-state index in [9.17, 15) is 0 Å². The molecule has 4 rings (SSSR count). The average Bonchev–Trinajstić information content (AvgIpc) is 3.06. The topological polar surface area (TPSA) is 75.7 Å². The number of hydrogen-bond acceptors (Lipinski definition) is 5. The van der Waals surface area contributed by atoms with Crippen LogP contribution in [0.4, 0.5) is 11.6 Å². The molecule has 0 saturated heterocycles. The largest absolute Gasteiger partial charge is 0.497 e. The molecule has 0 fully saturated rings. The van der Waals surface area contributed by atoms with Gasteiger partial charge >= 0.3 is 0 Å². The van der Waals surface area contributed by atoms with Gasteiger partial charge in [0.25, 0.3) is 0 Å². The smallest absolute Gasteiger partial charge is 0.162 e. The highest BCUT2D eigenvalue weighted by Gasteiger charge is 2.12. The van der Waals surface area contributed by atoms with Crippen molar-refractivity contribution in [3.05, 3.63) is 59.2 Å². The van der Waals surface area contributed by atoms with Crippen molar-refractivity contribution in [1.29, 1.82) is 0 Å². The second kappa shape index (κ2) is 6.65. The fourth-order valence-corrected chi connectivity index (χ4v) is 2.79. The summed E-state index contributed by atoms with van der Waals surface area (Å²) >= 11 is 5.99. The predicted molar refractivity (Wildman–Crippen MR) is 103 cm³/mol. The summed E-state index contributed by atoms with van der Waals surface area (Å²) in [5, 5.41) is 12.0. The standard InChI is InChI=1S/C19H16ClN5O/c1-11-9-17(25-24-11)22-19-15-8-7-14(26-2)10-16(15)21-18(23-19)12-3-5-13(20)6-4-12/h3-10H,1-2H3,(H2,21,22,23,24,25). The SMILES string of the molecule is COc1ccc2c(Nc3cc(C)[nH]n3)nc(-c3ccc(Cl)cc3)nc2c1. The highest BCUT2D eigenvalue weighted by molar-refractivity contribution is 6.30. The monoisotopic (exact) mass is 365 g/mol. The van der Waals surface area contributed by atoms with E-state index in [1.807, 2.05) is 55.5 Å². The Balaban J connectivity index is 1.88. The van der Waals surface area contributed by atoms with E-state index in [-0.39, 0.29) is 0 Å². The molecule has 2 aromatic heterocycles. The van der Waals surface area contributed by atoms with Gasteiger partial charge in [0.15, 0.2) is 11.6 Å². The molecule has 26 heavy (non-hydrogen) atoms. The fourth-order valence-electron chi connectivity index (χ4n) is 2.66. The van der Waals surface area contributed by atoms with Gasteiger partial charge in [-0.3, -0.25) is 5.10 Å². The Hall–Kier alpha value is -3.12. The van der Waals surface area contributed by atoms with Gasteiger partial charge in [-0.15, -0.1) is 0 Å². The van der Waals surface area contributed by atoms with Gasteiger partial charge in [0.05, 0.1) is 12.6 Å². The van der Waals surface area contributed by atoms with Crippen molar-refractivity contribution in [2.24, 2.45) is 0 Å². The molecule has 0 radical (unpaired) electrons. The van der Waals surface area contributed by atoms with Crippen molar-refractivity contribution < 1.29 is 4.74 Å². The molecule has 130 valence electrons. The van der Waals surface area contributed by atoms with Crippen molar-refractivity contribution >= 4 is 34.1 Å². The van der Waals surface area contributed by atoms with Crippen molar-refractivity contribution in [2.45, 2.75) is 6.92 Å². The van der Waals surface area contributed by atoms with Crippen molar-refractivity contribution in [2.75, 3.05) is 12.4 Å². The van der Waals surface area contributed by atoms with E-state index in [1.54, 1.807) is 7.11 Å². The maximum Gasteiger partial charge on any atom is 0.162 e. The van der Waals surface area contributed by atoms with Crippen LogP contribution in [0.15, 0.2) is 48.5 Å². The average molecular weight is 366 g/mol. The number of aromatic nitrogens is 4. The Bertz CT molecular complexity index is 1080. The molecular formula is C19H16ClN5O. The second-order valence-electron chi connectivity index (χ2n) is 5.85. The van der Waals surface area contributed by atoms with Crippen molar-refractivity contribution in [3.8, 4) is 17.1 Å². The van der Waals surface area contributed by atoms with E-state index >= 15 is 0 Å². The van der Waals surface area contributed by atoms with E-state index in [1.165, 1.54) is 0 Å². The maximum atomic E-state index is 5.99.